The number of aliphatic carboxylic acids is 1. The number of benzene rings is 1. The molecule has 2 aromatic rings. The van der Waals surface area contributed by atoms with Crippen molar-refractivity contribution in [2.75, 3.05) is 38.2 Å². The van der Waals surface area contributed by atoms with Crippen molar-refractivity contribution in [1.82, 2.24) is 9.88 Å². The third-order valence-electron chi connectivity index (χ3n) is 6.97. The van der Waals surface area contributed by atoms with Crippen LogP contribution in [0.2, 0.25) is 0 Å². The molecule has 1 aromatic heterocycles. The van der Waals surface area contributed by atoms with Gasteiger partial charge in [0.25, 0.3) is 0 Å². The molecule has 0 aliphatic carbocycles. The van der Waals surface area contributed by atoms with Gasteiger partial charge in [-0.3, -0.25) is 9.78 Å². The average molecular weight is 489 g/mol. The number of ether oxygens (including phenoxy) is 1. The maximum absolute atomic E-state index is 11.3. The van der Waals surface area contributed by atoms with Crippen molar-refractivity contribution in [3.63, 3.8) is 0 Å². The summed E-state index contributed by atoms with van der Waals surface area (Å²) in [5.74, 6) is 3.28. The quantitative estimate of drug-likeness (QED) is 0.345. The van der Waals surface area contributed by atoms with Gasteiger partial charge < -0.3 is 19.8 Å². The molecule has 1 saturated heterocycles. The zero-order valence-electron chi connectivity index (χ0n) is 20.6. The van der Waals surface area contributed by atoms with Gasteiger partial charge in [-0.1, -0.05) is 6.92 Å². The van der Waals surface area contributed by atoms with Gasteiger partial charge in [0.2, 0.25) is 0 Å². The molecule has 0 saturated carbocycles. The molecule has 1 aliphatic rings. The predicted molar refractivity (Wildman–Crippen MR) is 140 cm³/mol. The minimum Gasteiger partial charge on any atom is -0.497 e. The van der Waals surface area contributed by atoms with Crippen LogP contribution in [-0.2, 0) is 4.79 Å². The minimum absolute atomic E-state index is 0.221. The minimum atomic E-state index is -0.718. The van der Waals surface area contributed by atoms with E-state index in [1.807, 2.05) is 36.0 Å². The van der Waals surface area contributed by atoms with Crippen LogP contribution in [0.3, 0.4) is 0 Å². The molecule has 7 heteroatoms. The summed E-state index contributed by atoms with van der Waals surface area (Å²) in [6.07, 6.45) is 7.17. The fourth-order valence-electron chi connectivity index (χ4n) is 5.10. The summed E-state index contributed by atoms with van der Waals surface area (Å²) in [6, 6.07) is 7.64. The molecule has 2 unspecified atom stereocenters. The van der Waals surface area contributed by atoms with E-state index < -0.39 is 12.1 Å². The molecular formula is C27H40N2O4S. The molecule has 2 N–H and O–H groups in total. The van der Waals surface area contributed by atoms with E-state index in [-0.39, 0.29) is 6.42 Å². The van der Waals surface area contributed by atoms with Crippen molar-refractivity contribution in [1.29, 1.82) is 0 Å². The second-order valence-corrected chi connectivity index (χ2v) is 10.6. The highest BCUT2D eigenvalue weighted by Crippen LogP contribution is 2.35. The van der Waals surface area contributed by atoms with Crippen molar-refractivity contribution < 1.29 is 19.7 Å². The molecule has 0 amide bonds. The Hall–Kier alpha value is -1.83. The SMILES string of the molecule is CCCSCCCN1CCC(CC[C@H](O)c2ccnc3ccc(OC)cc23)C(CCC(=O)O)C1. The lowest BCUT2D eigenvalue weighted by molar-refractivity contribution is -0.137. The summed E-state index contributed by atoms with van der Waals surface area (Å²) >= 11 is 2.03. The maximum Gasteiger partial charge on any atom is 0.303 e. The lowest BCUT2D eigenvalue weighted by Gasteiger charge is -2.39. The summed E-state index contributed by atoms with van der Waals surface area (Å²) in [7, 11) is 1.64. The summed E-state index contributed by atoms with van der Waals surface area (Å²) in [5, 5.41) is 21.3. The topological polar surface area (TPSA) is 82.9 Å². The number of hydrogen-bond acceptors (Lipinski definition) is 6. The Morgan fingerprint density at radius 1 is 1.26 bits per heavy atom. The first-order valence-electron chi connectivity index (χ1n) is 12.6. The lowest BCUT2D eigenvalue weighted by Crippen LogP contribution is -2.41. The Kier molecular flexibility index (Phi) is 10.9. The van der Waals surface area contributed by atoms with Gasteiger partial charge in [0.05, 0.1) is 18.7 Å². The Labute approximate surface area is 208 Å². The number of likely N-dealkylation sites (tertiary alicyclic amines) is 1. The number of carbonyl (C=O) groups is 1. The maximum atomic E-state index is 11.3. The highest BCUT2D eigenvalue weighted by molar-refractivity contribution is 7.99. The number of rotatable bonds is 14. The molecule has 0 bridgehead atoms. The standard InChI is InChI=1S/C27H40N2O4S/c1-3-16-34-17-4-14-29-15-12-20(21(19-29)6-10-27(31)32)5-9-26(30)23-11-13-28-25-8-7-22(33-2)18-24(23)25/h7-8,11,13,18,20-21,26,30H,3-6,9-10,12,14-17,19H2,1-2H3,(H,31,32)/t20?,21?,26-/m0/s1. The van der Waals surface area contributed by atoms with Gasteiger partial charge >= 0.3 is 5.97 Å². The number of aliphatic hydroxyl groups excluding tert-OH is 1. The van der Waals surface area contributed by atoms with Crippen LogP contribution in [0.1, 0.15) is 63.5 Å². The van der Waals surface area contributed by atoms with Gasteiger partial charge in [0, 0.05) is 24.5 Å². The Balaban J connectivity index is 1.59. The van der Waals surface area contributed by atoms with Gasteiger partial charge in [0.1, 0.15) is 5.75 Å². The smallest absolute Gasteiger partial charge is 0.303 e. The highest BCUT2D eigenvalue weighted by Gasteiger charge is 2.30. The number of pyridine rings is 1. The Morgan fingerprint density at radius 2 is 2.12 bits per heavy atom. The first-order chi connectivity index (χ1) is 16.5. The summed E-state index contributed by atoms with van der Waals surface area (Å²) in [6.45, 7) is 5.36. The van der Waals surface area contributed by atoms with Crippen molar-refractivity contribution in [2.24, 2.45) is 11.8 Å². The Bertz CT molecular complexity index is 909. The van der Waals surface area contributed by atoms with E-state index in [0.717, 1.165) is 54.7 Å². The normalized spacial score (nSPS) is 19.9. The molecule has 34 heavy (non-hydrogen) atoms. The van der Waals surface area contributed by atoms with Crippen LogP contribution in [-0.4, -0.2) is 64.3 Å². The second kappa shape index (κ2) is 13.9. The number of thioether (sulfide) groups is 1. The number of carboxylic acids is 1. The molecule has 1 aliphatic heterocycles. The molecule has 6 nitrogen and oxygen atoms in total. The molecule has 188 valence electrons. The molecule has 1 fully saturated rings. The van der Waals surface area contributed by atoms with Crippen LogP contribution in [0.15, 0.2) is 30.5 Å². The van der Waals surface area contributed by atoms with Crippen molar-refractivity contribution >= 4 is 28.6 Å². The van der Waals surface area contributed by atoms with Gasteiger partial charge in [-0.05, 0) is 105 Å². The average Bonchev–Trinajstić information content (AvgIpc) is 2.85. The van der Waals surface area contributed by atoms with Crippen LogP contribution < -0.4 is 4.74 Å². The fraction of sp³-hybridized carbons (Fsp3) is 0.630. The van der Waals surface area contributed by atoms with Crippen LogP contribution in [0.5, 0.6) is 5.75 Å². The molecule has 0 spiro atoms. The van der Waals surface area contributed by atoms with Crippen molar-refractivity contribution in [3.05, 3.63) is 36.0 Å². The summed E-state index contributed by atoms with van der Waals surface area (Å²) < 4.78 is 5.37. The summed E-state index contributed by atoms with van der Waals surface area (Å²) in [5.41, 5.74) is 1.73. The van der Waals surface area contributed by atoms with Crippen LogP contribution in [0.25, 0.3) is 10.9 Å². The Morgan fingerprint density at radius 3 is 2.88 bits per heavy atom. The van der Waals surface area contributed by atoms with E-state index in [0.29, 0.717) is 24.7 Å². The van der Waals surface area contributed by atoms with Gasteiger partial charge in [-0.15, -0.1) is 0 Å². The van der Waals surface area contributed by atoms with E-state index >= 15 is 0 Å². The van der Waals surface area contributed by atoms with E-state index in [2.05, 4.69) is 16.8 Å². The van der Waals surface area contributed by atoms with E-state index in [1.54, 1.807) is 13.3 Å². The van der Waals surface area contributed by atoms with E-state index in [4.69, 9.17) is 4.74 Å². The van der Waals surface area contributed by atoms with Crippen molar-refractivity contribution in [3.8, 4) is 5.75 Å². The van der Waals surface area contributed by atoms with Gasteiger partial charge in [0.15, 0.2) is 0 Å². The first-order valence-corrected chi connectivity index (χ1v) is 13.8. The van der Waals surface area contributed by atoms with Crippen LogP contribution >= 0.6 is 11.8 Å². The predicted octanol–water partition coefficient (Wildman–Crippen LogP) is 5.39. The lowest BCUT2D eigenvalue weighted by atomic mass is 9.79. The molecule has 3 atom stereocenters. The number of piperidine rings is 1. The zero-order valence-corrected chi connectivity index (χ0v) is 21.4. The van der Waals surface area contributed by atoms with Crippen molar-refractivity contribution in [2.45, 2.75) is 58.0 Å². The third-order valence-corrected chi connectivity index (χ3v) is 8.24. The molecule has 0 radical (unpaired) electrons. The summed E-state index contributed by atoms with van der Waals surface area (Å²) in [4.78, 5) is 18.2. The number of aromatic nitrogens is 1. The largest absolute Gasteiger partial charge is 0.497 e. The second-order valence-electron chi connectivity index (χ2n) is 9.38. The molecule has 3 rings (SSSR count). The van der Waals surface area contributed by atoms with Crippen LogP contribution in [0, 0.1) is 11.8 Å². The van der Waals surface area contributed by atoms with Crippen LogP contribution in [0.4, 0.5) is 0 Å². The number of aliphatic hydroxyl groups is 1. The molecule has 1 aromatic carbocycles. The van der Waals surface area contributed by atoms with E-state index in [1.165, 1.54) is 24.3 Å². The number of hydrogen-bond donors (Lipinski definition) is 2. The van der Waals surface area contributed by atoms with Gasteiger partial charge in [-0.25, -0.2) is 0 Å². The van der Waals surface area contributed by atoms with E-state index in [9.17, 15) is 15.0 Å². The number of nitrogens with zero attached hydrogens (tertiary/aromatic N) is 2. The first kappa shape index (κ1) is 26.8. The molecule has 2 heterocycles. The van der Waals surface area contributed by atoms with Gasteiger partial charge in [-0.2, -0.15) is 11.8 Å². The monoisotopic (exact) mass is 488 g/mol. The number of fused-ring (bicyclic) bond motifs is 1. The number of carboxylic acid groups (broad SMARTS) is 1. The zero-order chi connectivity index (χ0) is 24.3. The third kappa shape index (κ3) is 7.85. The highest BCUT2D eigenvalue weighted by atomic mass is 32.2. The number of methoxy groups -OCH3 is 1. The fourth-order valence-corrected chi connectivity index (χ4v) is 5.93. The molecular weight excluding hydrogens is 448 g/mol.